The minimum Gasteiger partial charge on any atom is -0.390 e. The minimum atomic E-state index is -4.45. The number of amides is 1. The van der Waals surface area contributed by atoms with Crippen LogP contribution in [0.5, 0.6) is 0 Å². The second kappa shape index (κ2) is 12.1. The van der Waals surface area contributed by atoms with E-state index in [1.807, 2.05) is 38.1 Å². The molecule has 6 rings (SSSR count). The van der Waals surface area contributed by atoms with Crippen LogP contribution in [0.3, 0.4) is 0 Å². The van der Waals surface area contributed by atoms with Crippen molar-refractivity contribution in [3.8, 4) is 0 Å². The van der Waals surface area contributed by atoms with Crippen LogP contribution in [0, 0.1) is 17.3 Å². The van der Waals surface area contributed by atoms with Crippen LogP contribution in [0.25, 0.3) is 5.57 Å². The molecule has 0 radical (unpaired) electrons. The van der Waals surface area contributed by atoms with Crippen LogP contribution < -0.4 is 4.90 Å². The number of benzene rings is 1. The van der Waals surface area contributed by atoms with Gasteiger partial charge in [0.15, 0.2) is 11.5 Å². The molecule has 248 valence electrons. The maximum absolute atomic E-state index is 14.5. The lowest BCUT2D eigenvalue weighted by atomic mass is 9.53. The number of anilines is 1. The Morgan fingerprint density at radius 2 is 1.76 bits per heavy atom. The number of hydrogen-bond acceptors (Lipinski definition) is 5. The minimum absolute atomic E-state index is 0.0371. The van der Waals surface area contributed by atoms with E-state index in [-0.39, 0.29) is 29.1 Å². The summed E-state index contributed by atoms with van der Waals surface area (Å²) in [6, 6.07) is 7.64. The summed E-state index contributed by atoms with van der Waals surface area (Å²) in [4.78, 5) is 20.1. The number of hydrogen-bond donors (Lipinski definition) is 1. The van der Waals surface area contributed by atoms with E-state index >= 15 is 0 Å². The van der Waals surface area contributed by atoms with E-state index in [4.69, 9.17) is 4.52 Å². The van der Waals surface area contributed by atoms with Crippen molar-refractivity contribution in [3.63, 3.8) is 0 Å². The van der Waals surface area contributed by atoms with Crippen LogP contribution in [0.1, 0.15) is 123 Å². The van der Waals surface area contributed by atoms with E-state index in [0.29, 0.717) is 18.1 Å². The van der Waals surface area contributed by atoms with Gasteiger partial charge in [0.25, 0.3) is 5.89 Å². The van der Waals surface area contributed by atoms with Gasteiger partial charge in [0.1, 0.15) is 0 Å². The quantitative estimate of drug-likeness (QED) is 0.265. The molecule has 0 aliphatic heterocycles. The zero-order valence-corrected chi connectivity index (χ0v) is 27.1. The van der Waals surface area contributed by atoms with Gasteiger partial charge >= 0.3 is 6.18 Å². The Morgan fingerprint density at radius 1 is 1.09 bits per heavy atom. The van der Waals surface area contributed by atoms with Gasteiger partial charge in [0.05, 0.1) is 12.0 Å². The standard InChI is InChI=1S/C35H47F4N3O3/c1-6-23(21-35(37,38)39)28(43)42(27-9-7-8-25(20-27)24-10-12-26(13-11-24)32(4,5)44)22-33-14-17-34(18-15-33,19-16-33)29-40-30(45-41-29)31(2,3)36/h7-10,20,23,26,44H,6,11-19,21-22H2,1-5H3/t23-,26?,33?,34?/m0/s1. The van der Waals surface area contributed by atoms with Crippen LogP contribution >= 0.6 is 0 Å². The molecule has 0 saturated heterocycles. The van der Waals surface area contributed by atoms with E-state index in [9.17, 15) is 27.5 Å². The first kappa shape index (κ1) is 33.6. The molecular formula is C35H47F4N3O3. The highest BCUT2D eigenvalue weighted by molar-refractivity contribution is 5.95. The molecule has 1 aromatic carbocycles. The Bertz CT molecular complexity index is 1380. The maximum atomic E-state index is 14.5. The van der Waals surface area contributed by atoms with Crippen molar-refractivity contribution in [1.82, 2.24) is 10.1 Å². The van der Waals surface area contributed by atoms with Crippen LogP contribution in [0.4, 0.5) is 23.2 Å². The Hall–Kier alpha value is -2.75. The summed E-state index contributed by atoms with van der Waals surface area (Å²) in [7, 11) is 0. The van der Waals surface area contributed by atoms with E-state index in [2.05, 4.69) is 16.2 Å². The van der Waals surface area contributed by atoms with E-state index in [0.717, 1.165) is 68.9 Å². The lowest BCUT2D eigenvalue weighted by Crippen LogP contribution is -2.52. The number of rotatable bonds is 10. The van der Waals surface area contributed by atoms with Gasteiger partial charge in [0.2, 0.25) is 5.91 Å². The highest BCUT2D eigenvalue weighted by atomic mass is 19.4. The average molecular weight is 634 g/mol. The Kier molecular flexibility index (Phi) is 9.05. The van der Waals surface area contributed by atoms with Gasteiger partial charge in [0, 0.05) is 23.6 Å². The van der Waals surface area contributed by atoms with E-state index in [1.165, 1.54) is 13.8 Å². The predicted molar refractivity (Wildman–Crippen MR) is 165 cm³/mol. The summed E-state index contributed by atoms with van der Waals surface area (Å²) in [5.74, 6) is -1.01. The van der Waals surface area contributed by atoms with Gasteiger partial charge in [-0.1, -0.05) is 30.3 Å². The number of aliphatic hydroxyl groups is 1. The van der Waals surface area contributed by atoms with Crippen molar-refractivity contribution in [2.24, 2.45) is 17.3 Å². The molecule has 1 unspecified atom stereocenters. The monoisotopic (exact) mass is 633 g/mol. The second-order valence-corrected chi connectivity index (χ2v) is 14.9. The molecule has 6 nitrogen and oxygen atoms in total. The van der Waals surface area contributed by atoms with Crippen molar-refractivity contribution >= 4 is 17.2 Å². The van der Waals surface area contributed by atoms with Gasteiger partial charge in [-0.15, -0.1) is 0 Å². The summed E-state index contributed by atoms with van der Waals surface area (Å²) in [5, 5.41) is 14.6. The van der Waals surface area contributed by atoms with Crippen molar-refractivity contribution in [2.45, 2.75) is 128 Å². The fourth-order valence-corrected chi connectivity index (χ4v) is 7.67. The van der Waals surface area contributed by atoms with Gasteiger partial charge in [-0.25, -0.2) is 4.39 Å². The maximum Gasteiger partial charge on any atom is 0.389 e. The second-order valence-electron chi connectivity index (χ2n) is 14.9. The zero-order chi connectivity index (χ0) is 32.8. The zero-order valence-electron chi connectivity index (χ0n) is 27.1. The summed E-state index contributed by atoms with van der Waals surface area (Å²) >= 11 is 0. The number of allylic oxidation sites excluding steroid dienone is 2. The molecule has 2 bridgehead atoms. The van der Waals surface area contributed by atoms with Crippen LogP contribution in [0.15, 0.2) is 34.9 Å². The first-order valence-electron chi connectivity index (χ1n) is 16.4. The number of fused-ring (bicyclic) bond motifs is 3. The van der Waals surface area contributed by atoms with Crippen molar-refractivity contribution in [2.75, 3.05) is 11.4 Å². The van der Waals surface area contributed by atoms with Gasteiger partial charge in [-0.3, -0.25) is 4.79 Å². The molecule has 3 fully saturated rings. The molecule has 4 aliphatic rings. The summed E-state index contributed by atoms with van der Waals surface area (Å²) in [5.41, 5.74) is -0.375. The smallest absolute Gasteiger partial charge is 0.389 e. The van der Waals surface area contributed by atoms with Crippen LogP contribution in [-0.2, 0) is 15.9 Å². The van der Waals surface area contributed by atoms with Crippen molar-refractivity contribution in [3.05, 3.63) is 47.6 Å². The SMILES string of the molecule is CC[C@@H](CC(F)(F)F)C(=O)N(CC12CCC(c3noc(C(C)(C)F)n3)(CC1)CC2)c1cccc(C2=CCC(C(C)(C)O)CC2)c1. The lowest BCUT2D eigenvalue weighted by molar-refractivity contribution is -0.153. The number of aromatic nitrogens is 2. The molecule has 1 heterocycles. The summed E-state index contributed by atoms with van der Waals surface area (Å²) in [6.07, 6.45) is 3.52. The normalized spacial score (nSPS) is 26.4. The molecule has 45 heavy (non-hydrogen) atoms. The summed E-state index contributed by atoms with van der Waals surface area (Å²) in [6.45, 7) is 8.41. The molecule has 1 amide bonds. The Labute approximate surface area is 263 Å². The van der Waals surface area contributed by atoms with Crippen LogP contribution in [-0.4, -0.2) is 39.5 Å². The largest absolute Gasteiger partial charge is 0.390 e. The molecule has 4 aliphatic carbocycles. The highest BCUT2D eigenvalue weighted by Gasteiger charge is 2.53. The number of alkyl halides is 4. The number of nitrogens with zero attached hydrogens (tertiary/aromatic N) is 3. The summed E-state index contributed by atoms with van der Waals surface area (Å²) < 4.78 is 60.5. The van der Waals surface area contributed by atoms with Crippen molar-refractivity contribution in [1.29, 1.82) is 0 Å². The molecule has 1 aromatic heterocycles. The van der Waals surface area contributed by atoms with Gasteiger partial charge < -0.3 is 14.5 Å². The van der Waals surface area contributed by atoms with Gasteiger partial charge in [-0.2, -0.15) is 18.2 Å². The molecule has 2 aromatic rings. The topological polar surface area (TPSA) is 79.5 Å². The molecule has 1 N–H and O–H groups in total. The average Bonchev–Trinajstić information content (AvgIpc) is 3.51. The van der Waals surface area contributed by atoms with Crippen LogP contribution in [0.2, 0.25) is 0 Å². The third-order valence-corrected chi connectivity index (χ3v) is 10.8. The van der Waals surface area contributed by atoms with E-state index < -0.39 is 35.7 Å². The van der Waals surface area contributed by atoms with Gasteiger partial charge in [-0.05, 0) is 127 Å². The number of carbonyl (C=O) groups is 1. The molecule has 3 saturated carbocycles. The van der Waals surface area contributed by atoms with E-state index in [1.54, 1.807) is 11.8 Å². The third kappa shape index (κ3) is 7.31. The fraction of sp³-hybridized carbons (Fsp3) is 0.686. The number of carbonyl (C=O) groups excluding carboxylic acids is 1. The third-order valence-electron chi connectivity index (χ3n) is 10.8. The van der Waals surface area contributed by atoms with Crippen molar-refractivity contribution < 1.29 is 32.0 Å². The molecular weight excluding hydrogens is 586 g/mol. The molecule has 0 spiro atoms. The molecule has 2 atom stereocenters. The number of halogens is 4. The predicted octanol–water partition coefficient (Wildman–Crippen LogP) is 8.83. The Morgan fingerprint density at radius 3 is 2.27 bits per heavy atom. The first-order valence-corrected chi connectivity index (χ1v) is 16.4. The molecule has 10 heteroatoms. The Balaban J connectivity index is 1.41. The lowest BCUT2D eigenvalue weighted by Gasteiger charge is -2.53. The fourth-order valence-electron chi connectivity index (χ4n) is 7.67. The first-order chi connectivity index (χ1) is 20.9. The highest BCUT2D eigenvalue weighted by Crippen LogP contribution is 2.58.